The summed E-state index contributed by atoms with van der Waals surface area (Å²) in [5.41, 5.74) is 2.76. The maximum absolute atomic E-state index is 12.7. The zero-order chi connectivity index (χ0) is 15.7. The van der Waals surface area contributed by atoms with Crippen LogP contribution in [0.3, 0.4) is 0 Å². The number of fused-ring (bicyclic) bond motifs is 3. The summed E-state index contributed by atoms with van der Waals surface area (Å²) in [4.78, 5) is 16.9. The average Bonchev–Trinajstić information content (AvgIpc) is 2.55. The number of rotatable bonds is 3. The van der Waals surface area contributed by atoms with Gasteiger partial charge in [0.1, 0.15) is 11.5 Å². The molecular formula is C17H15NO4. The van der Waals surface area contributed by atoms with Crippen LogP contribution >= 0.6 is 0 Å². The summed E-state index contributed by atoms with van der Waals surface area (Å²) in [6.45, 7) is -0.716. The molecule has 5 heteroatoms. The highest BCUT2D eigenvalue weighted by Gasteiger charge is 2.29. The van der Waals surface area contributed by atoms with Gasteiger partial charge >= 0.3 is 0 Å². The van der Waals surface area contributed by atoms with E-state index in [1.165, 1.54) is 6.07 Å². The fourth-order valence-electron chi connectivity index (χ4n) is 2.58. The molecule has 3 N–H and O–H groups in total. The molecule has 0 aliphatic heterocycles. The minimum Gasteiger partial charge on any atom is -0.508 e. The zero-order valence-electron chi connectivity index (χ0n) is 11.7. The number of ketones is 1. The van der Waals surface area contributed by atoms with Gasteiger partial charge in [-0.15, -0.1) is 0 Å². The molecule has 0 amide bonds. The highest BCUT2D eigenvalue weighted by molar-refractivity contribution is 6.55. The van der Waals surface area contributed by atoms with E-state index in [1.54, 1.807) is 24.3 Å². The Hall–Kier alpha value is -2.50. The van der Waals surface area contributed by atoms with Gasteiger partial charge in [0.25, 0.3) is 0 Å². The second-order valence-corrected chi connectivity index (χ2v) is 5.10. The SMILES string of the molecule is O=C1C(=NC(CO)CO)c2cc(O)ccc2-c2ccccc21. The summed E-state index contributed by atoms with van der Waals surface area (Å²) in [7, 11) is 0. The maximum atomic E-state index is 12.7. The fraction of sp³-hybridized carbons (Fsp3) is 0.176. The molecular weight excluding hydrogens is 282 g/mol. The summed E-state index contributed by atoms with van der Waals surface area (Å²) in [6.07, 6.45) is 0. The molecule has 22 heavy (non-hydrogen) atoms. The second kappa shape index (κ2) is 5.71. The van der Waals surface area contributed by atoms with Crippen LogP contribution in [-0.2, 0) is 0 Å². The van der Waals surface area contributed by atoms with E-state index in [1.807, 2.05) is 12.1 Å². The zero-order valence-corrected chi connectivity index (χ0v) is 11.7. The lowest BCUT2D eigenvalue weighted by Gasteiger charge is -2.21. The van der Waals surface area contributed by atoms with Crippen LogP contribution < -0.4 is 0 Å². The number of carbonyl (C=O) groups is 1. The topological polar surface area (TPSA) is 90.1 Å². The molecule has 0 atom stereocenters. The number of aliphatic hydroxyl groups is 2. The molecule has 0 fully saturated rings. The fourth-order valence-corrected chi connectivity index (χ4v) is 2.58. The van der Waals surface area contributed by atoms with Crippen molar-refractivity contribution >= 4 is 11.5 Å². The van der Waals surface area contributed by atoms with E-state index in [0.29, 0.717) is 11.1 Å². The Kier molecular flexibility index (Phi) is 3.75. The lowest BCUT2D eigenvalue weighted by Crippen LogP contribution is -2.26. The van der Waals surface area contributed by atoms with Crippen molar-refractivity contribution in [3.63, 3.8) is 0 Å². The van der Waals surface area contributed by atoms with Crippen LogP contribution in [0.25, 0.3) is 11.1 Å². The first kappa shape index (κ1) is 14.4. The second-order valence-electron chi connectivity index (χ2n) is 5.10. The molecule has 0 bridgehead atoms. The van der Waals surface area contributed by atoms with E-state index in [0.717, 1.165) is 11.1 Å². The first-order valence-corrected chi connectivity index (χ1v) is 6.92. The Morgan fingerprint density at radius 2 is 1.55 bits per heavy atom. The lowest BCUT2D eigenvalue weighted by atomic mass is 9.83. The van der Waals surface area contributed by atoms with Gasteiger partial charge in [-0.05, 0) is 29.3 Å². The minimum atomic E-state index is -0.764. The lowest BCUT2D eigenvalue weighted by molar-refractivity contribution is 0.106. The number of aliphatic hydroxyl groups excluding tert-OH is 2. The monoisotopic (exact) mass is 297 g/mol. The predicted molar refractivity (Wildman–Crippen MR) is 82.4 cm³/mol. The largest absolute Gasteiger partial charge is 0.508 e. The van der Waals surface area contributed by atoms with Crippen LogP contribution in [0.4, 0.5) is 0 Å². The summed E-state index contributed by atoms with van der Waals surface area (Å²) in [5.74, 6) is -0.247. The normalized spacial score (nSPS) is 15.0. The van der Waals surface area contributed by atoms with E-state index in [9.17, 15) is 20.1 Å². The Labute approximate surface area is 127 Å². The Balaban J connectivity index is 2.26. The van der Waals surface area contributed by atoms with Gasteiger partial charge < -0.3 is 15.3 Å². The highest BCUT2D eigenvalue weighted by Crippen LogP contribution is 2.35. The Morgan fingerprint density at radius 3 is 2.23 bits per heavy atom. The van der Waals surface area contributed by atoms with Gasteiger partial charge in [0, 0.05) is 11.1 Å². The molecule has 2 aromatic rings. The number of carbonyl (C=O) groups excluding carboxylic acids is 1. The Bertz CT molecular complexity index is 763. The first-order chi connectivity index (χ1) is 10.7. The van der Waals surface area contributed by atoms with Gasteiger partial charge in [0.2, 0.25) is 5.78 Å². The smallest absolute Gasteiger partial charge is 0.212 e. The number of Topliss-reactive ketones (excluding diaryl/α,β-unsaturated/α-hetero) is 1. The molecule has 1 aliphatic carbocycles. The molecule has 0 saturated heterocycles. The van der Waals surface area contributed by atoms with Crippen molar-refractivity contribution < 1.29 is 20.1 Å². The predicted octanol–water partition coefficient (Wildman–Crippen LogP) is 1.40. The summed E-state index contributed by atoms with van der Waals surface area (Å²) in [5, 5.41) is 28.1. The van der Waals surface area contributed by atoms with Crippen molar-refractivity contribution in [2.45, 2.75) is 6.04 Å². The highest BCUT2D eigenvalue weighted by atomic mass is 16.3. The van der Waals surface area contributed by atoms with Crippen LogP contribution in [0.2, 0.25) is 0 Å². The molecule has 0 aromatic heterocycles. The average molecular weight is 297 g/mol. The van der Waals surface area contributed by atoms with Crippen molar-refractivity contribution in [1.82, 2.24) is 0 Å². The number of hydrogen-bond donors (Lipinski definition) is 3. The molecule has 5 nitrogen and oxygen atoms in total. The van der Waals surface area contributed by atoms with Crippen LogP contribution in [0.1, 0.15) is 15.9 Å². The molecule has 0 radical (unpaired) electrons. The number of phenolic OH excluding ortho intramolecular Hbond substituents is 1. The molecule has 0 spiro atoms. The summed E-state index contributed by atoms with van der Waals surface area (Å²) >= 11 is 0. The van der Waals surface area contributed by atoms with E-state index in [-0.39, 0.29) is 30.5 Å². The number of nitrogens with zero attached hydrogens (tertiary/aromatic N) is 1. The Morgan fingerprint density at radius 1 is 0.909 bits per heavy atom. The van der Waals surface area contributed by atoms with Gasteiger partial charge in [-0.2, -0.15) is 0 Å². The molecule has 112 valence electrons. The molecule has 0 unspecified atom stereocenters. The van der Waals surface area contributed by atoms with Crippen molar-refractivity contribution in [2.24, 2.45) is 4.99 Å². The summed E-state index contributed by atoms with van der Waals surface area (Å²) < 4.78 is 0. The molecule has 2 aromatic carbocycles. The van der Waals surface area contributed by atoms with E-state index < -0.39 is 6.04 Å². The van der Waals surface area contributed by atoms with Crippen molar-refractivity contribution in [3.8, 4) is 16.9 Å². The first-order valence-electron chi connectivity index (χ1n) is 6.92. The molecule has 0 heterocycles. The standard InChI is InChI=1S/C17H15NO4/c19-8-10(9-20)18-16-15-7-11(21)5-6-13(15)12-3-1-2-4-14(12)17(16)22/h1-7,10,19-21H,8-9H2. The number of phenols is 1. The van der Waals surface area contributed by atoms with Crippen molar-refractivity contribution in [2.75, 3.05) is 13.2 Å². The number of hydrogen-bond acceptors (Lipinski definition) is 5. The minimum absolute atomic E-state index is 0.0307. The van der Waals surface area contributed by atoms with Gasteiger partial charge in [-0.3, -0.25) is 9.79 Å². The van der Waals surface area contributed by atoms with Crippen LogP contribution in [-0.4, -0.2) is 46.1 Å². The van der Waals surface area contributed by atoms with Crippen LogP contribution in [0, 0.1) is 0 Å². The third-order valence-electron chi connectivity index (χ3n) is 3.67. The van der Waals surface area contributed by atoms with Gasteiger partial charge in [-0.25, -0.2) is 0 Å². The number of aromatic hydroxyl groups is 1. The molecule has 0 saturated carbocycles. The summed E-state index contributed by atoms with van der Waals surface area (Å²) in [6, 6.07) is 11.2. The van der Waals surface area contributed by atoms with Crippen LogP contribution in [0.5, 0.6) is 5.75 Å². The van der Waals surface area contributed by atoms with Gasteiger partial charge in [-0.1, -0.05) is 24.3 Å². The van der Waals surface area contributed by atoms with Crippen molar-refractivity contribution in [1.29, 1.82) is 0 Å². The number of benzene rings is 2. The van der Waals surface area contributed by atoms with Crippen molar-refractivity contribution in [3.05, 3.63) is 53.6 Å². The van der Waals surface area contributed by atoms with Gasteiger partial charge in [0.15, 0.2) is 0 Å². The third kappa shape index (κ3) is 2.30. The quantitative estimate of drug-likeness (QED) is 0.798. The van der Waals surface area contributed by atoms with E-state index >= 15 is 0 Å². The number of aliphatic imine (C=N–C) groups is 1. The molecule has 3 rings (SSSR count). The third-order valence-corrected chi connectivity index (χ3v) is 3.67. The van der Waals surface area contributed by atoms with E-state index in [4.69, 9.17) is 0 Å². The van der Waals surface area contributed by atoms with E-state index in [2.05, 4.69) is 4.99 Å². The molecule has 1 aliphatic rings. The van der Waals surface area contributed by atoms with Crippen LogP contribution in [0.15, 0.2) is 47.5 Å². The maximum Gasteiger partial charge on any atom is 0.212 e. The van der Waals surface area contributed by atoms with Gasteiger partial charge in [0.05, 0.1) is 19.3 Å².